The molecule has 0 atom stereocenters. The van der Waals surface area contributed by atoms with Crippen LogP contribution in [0.15, 0.2) is 53.5 Å². The van der Waals surface area contributed by atoms with E-state index in [0.717, 1.165) is 17.1 Å². The molecule has 0 aliphatic carbocycles. The van der Waals surface area contributed by atoms with Gasteiger partial charge in [-0.1, -0.05) is 42.3 Å². The number of thioether (sulfide) groups is 1. The van der Waals surface area contributed by atoms with Crippen molar-refractivity contribution in [3.8, 4) is 11.1 Å². The zero-order chi connectivity index (χ0) is 27.3. The summed E-state index contributed by atoms with van der Waals surface area (Å²) in [5.41, 5.74) is 2.72. The number of ketones is 1. The van der Waals surface area contributed by atoms with Gasteiger partial charge in [-0.05, 0) is 67.5 Å². The van der Waals surface area contributed by atoms with Gasteiger partial charge in [0.1, 0.15) is 5.60 Å². The third-order valence-corrected chi connectivity index (χ3v) is 6.90. The van der Waals surface area contributed by atoms with E-state index in [1.54, 1.807) is 64.0 Å². The molecular formula is C28H30Cl2N2O4S. The number of carbonyl (C=O) groups excluding carboxylic acids is 2. The Morgan fingerprint density at radius 1 is 1.03 bits per heavy atom. The van der Waals surface area contributed by atoms with E-state index in [1.165, 1.54) is 16.7 Å². The van der Waals surface area contributed by atoms with Crippen LogP contribution in [0.1, 0.15) is 54.7 Å². The third kappa shape index (κ3) is 7.63. The average molecular weight is 562 g/mol. The first kappa shape index (κ1) is 28.8. The molecule has 0 spiro atoms. The second-order valence-corrected chi connectivity index (χ2v) is 11.6. The number of ether oxygens (including phenoxy) is 1. The molecule has 3 aromatic rings. The lowest BCUT2D eigenvalue weighted by atomic mass is 9.91. The van der Waals surface area contributed by atoms with Gasteiger partial charge in [0.05, 0.1) is 5.02 Å². The minimum absolute atomic E-state index is 0.0452. The van der Waals surface area contributed by atoms with Crippen LogP contribution in [-0.2, 0) is 24.1 Å². The molecule has 6 nitrogen and oxygen atoms in total. The summed E-state index contributed by atoms with van der Waals surface area (Å²) in [6.07, 6.45) is 1.08. The van der Waals surface area contributed by atoms with Crippen molar-refractivity contribution < 1.29 is 14.3 Å². The summed E-state index contributed by atoms with van der Waals surface area (Å²) in [5, 5.41) is 3.41. The van der Waals surface area contributed by atoms with E-state index >= 15 is 0 Å². The number of hydrogen-bond acceptors (Lipinski definition) is 5. The average Bonchev–Trinajstić information content (AvgIpc) is 2.81. The van der Waals surface area contributed by atoms with E-state index in [4.69, 9.17) is 27.9 Å². The highest BCUT2D eigenvalue weighted by Gasteiger charge is 2.22. The molecule has 0 unspecified atom stereocenters. The Balaban J connectivity index is 2.14. The predicted octanol–water partition coefficient (Wildman–Crippen LogP) is 6.87. The maximum Gasteiger partial charge on any atom is 0.407 e. The van der Waals surface area contributed by atoms with Gasteiger partial charge in [0, 0.05) is 53.3 Å². The van der Waals surface area contributed by atoms with Gasteiger partial charge in [0.25, 0.3) is 5.56 Å². The molecule has 1 aromatic heterocycles. The summed E-state index contributed by atoms with van der Waals surface area (Å²) in [4.78, 5) is 38.6. The van der Waals surface area contributed by atoms with Gasteiger partial charge in [-0.15, -0.1) is 0 Å². The van der Waals surface area contributed by atoms with Crippen molar-refractivity contribution in [1.29, 1.82) is 0 Å². The molecule has 1 N–H and O–H groups in total. The Hall–Kier alpha value is -2.74. The predicted molar refractivity (Wildman–Crippen MR) is 152 cm³/mol. The molecule has 0 aliphatic heterocycles. The maximum absolute atomic E-state index is 13.7. The summed E-state index contributed by atoms with van der Waals surface area (Å²) in [6.45, 7) is 7.45. The molecule has 9 heteroatoms. The minimum Gasteiger partial charge on any atom is -0.444 e. The van der Waals surface area contributed by atoms with Crippen LogP contribution in [0, 0.1) is 0 Å². The highest BCUT2D eigenvalue weighted by atomic mass is 35.5. The first-order valence-electron chi connectivity index (χ1n) is 11.8. The minimum atomic E-state index is -0.664. The van der Waals surface area contributed by atoms with E-state index in [-0.39, 0.29) is 22.9 Å². The second kappa shape index (κ2) is 12.2. The van der Waals surface area contributed by atoms with Crippen LogP contribution in [0.2, 0.25) is 10.0 Å². The summed E-state index contributed by atoms with van der Waals surface area (Å²) < 4.78 is 6.80. The molecule has 37 heavy (non-hydrogen) atoms. The number of aryl methyl sites for hydroxylation is 1. The Morgan fingerprint density at radius 2 is 1.73 bits per heavy atom. The highest BCUT2D eigenvalue weighted by Crippen LogP contribution is 2.32. The largest absolute Gasteiger partial charge is 0.444 e. The van der Waals surface area contributed by atoms with Crippen LogP contribution in [0.25, 0.3) is 11.1 Å². The molecule has 196 valence electrons. The van der Waals surface area contributed by atoms with E-state index in [2.05, 4.69) is 12.2 Å². The van der Waals surface area contributed by atoms with Crippen LogP contribution >= 0.6 is 35.0 Å². The first-order chi connectivity index (χ1) is 17.4. The van der Waals surface area contributed by atoms with Crippen LogP contribution < -0.4 is 10.9 Å². The topological polar surface area (TPSA) is 77.4 Å². The second-order valence-electron chi connectivity index (χ2n) is 9.49. The van der Waals surface area contributed by atoms with Gasteiger partial charge >= 0.3 is 6.09 Å². The van der Waals surface area contributed by atoms with E-state index in [9.17, 15) is 14.4 Å². The number of nitrogens with zero attached hydrogens (tertiary/aromatic N) is 1. The van der Waals surface area contributed by atoms with Crippen LogP contribution in [0.5, 0.6) is 0 Å². The number of benzene rings is 2. The number of nitrogens with one attached hydrogen (secondary N) is 1. The number of aromatic nitrogens is 1. The molecule has 2 aromatic carbocycles. The normalized spacial score (nSPS) is 11.3. The molecule has 0 radical (unpaired) electrons. The molecule has 1 heterocycles. The smallest absolute Gasteiger partial charge is 0.407 e. The van der Waals surface area contributed by atoms with Crippen LogP contribution in [-0.4, -0.2) is 27.8 Å². The molecule has 3 rings (SSSR count). The number of rotatable bonds is 8. The SMILES string of the molecule is CCSCc1ccc(C(=O)c2ccc(Cl)cc2Cl)c(-c2cn(C)c(=O)cc2CNC(=O)OC(C)(C)C)c1. The van der Waals surface area contributed by atoms with Crippen molar-refractivity contribution >= 4 is 46.8 Å². The Labute approximate surface area is 231 Å². The van der Waals surface area contributed by atoms with E-state index in [1.807, 2.05) is 12.1 Å². The quantitative estimate of drug-likeness (QED) is 0.304. The van der Waals surface area contributed by atoms with Crippen molar-refractivity contribution in [2.24, 2.45) is 7.05 Å². The standard InChI is InChI=1S/C28H30Cl2N2O4S/c1-6-37-16-17-7-9-20(26(34)21-10-8-19(29)13-24(21)30)22(11-17)23-15-32(5)25(33)12-18(23)14-31-27(35)36-28(2,3)4/h7-13,15H,6,14,16H2,1-5H3,(H,31,35). The fourth-order valence-corrected chi connectivity index (χ4v) is 4.79. The Kier molecular flexibility index (Phi) is 9.51. The van der Waals surface area contributed by atoms with E-state index < -0.39 is 11.7 Å². The molecular weight excluding hydrogens is 531 g/mol. The van der Waals surface area contributed by atoms with Gasteiger partial charge in [-0.2, -0.15) is 11.8 Å². The Bertz CT molecular complexity index is 1380. The van der Waals surface area contributed by atoms with Gasteiger partial charge in [0.15, 0.2) is 5.78 Å². The fraction of sp³-hybridized carbons (Fsp3) is 0.321. The van der Waals surface area contributed by atoms with Gasteiger partial charge in [-0.3, -0.25) is 9.59 Å². The number of carbonyl (C=O) groups is 2. The number of pyridine rings is 1. The third-order valence-electron chi connectivity index (χ3n) is 5.40. The van der Waals surface area contributed by atoms with Crippen LogP contribution in [0.4, 0.5) is 4.79 Å². The highest BCUT2D eigenvalue weighted by molar-refractivity contribution is 7.98. The van der Waals surface area contributed by atoms with Crippen molar-refractivity contribution in [2.45, 2.75) is 45.6 Å². The number of amides is 1. The van der Waals surface area contributed by atoms with Gasteiger partial charge in [-0.25, -0.2) is 4.79 Å². The lowest BCUT2D eigenvalue weighted by molar-refractivity contribution is 0.0523. The first-order valence-corrected chi connectivity index (χ1v) is 13.7. The zero-order valence-electron chi connectivity index (χ0n) is 21.5. The number of halogens is 2. The van der Waals surface area contributed by atoms with Crippen molar-refractivity contribution in [3.05, 3.63) is 91.3 Å². The maximum atomic E-state index is 13.7. The van der Waals surface area contributed by atoms with Crippen molar-refractivity contribution in [3.63, 3.8) is 0 Å². The zero-order valence-corrected chi connectivity index (χ0v) is 23.8. The van der Waals surface area contributed by atoms with Gasteiger partial charge < -0.3 is 14.6 Å². The van der Waals surface area contributed by atoms with Crippen molar-refractivity contribution in [1.82, 2.24) is 9.88 Å². The summed E-state index contributed by atoms with van der Waals surface area (Å²) in [6, 6.07) is 11.9. The lowest BCUT2D eigenvalue weighted by Gasteiger charge is -2.20. The number of alkyl carbamates (subject to hydrolysis) is 1. The number of hydrogen-bond donors (Lipinski definition) is 1. The van der Waals surface area contributed by atoms with Crippen LogP contribution in [0.3, 0.4) is 0 Å². The molecule has 0 bridgehead atoms. The lowest BCUT2D eigenvalue weighted by Crippen LogP contribution is -2.32. The summed E-state index contributed by atoms with van der Waals surface area (Å²) >= 11 is 14.2. The summed E-state index contributed by atoms with van der Waals surface area (Å²) in [7, 11) is 1.64. The van der Waals surface area contributed by atoms with Gasteiger partial charge in [0.2, 0.25) is 0 Å². The molecule has 0 saturated carbocycles. The summed E-state index contributed by atoms with van der Waals surface area (Å²) in [5.74, 6) is 1.43. The molecule has 0 saturated heterocycles. The Morgan fingerprint density at radius 3 is 2.38 bits per heavy atom. The van der Waals surface area contributed by atoms with Crippen molar-refractivity contribution in [2.75, 3.05) is 5.75 Å². The molecule has 1 amide bonds. The fourth-order valence-electron chi connectivity index (χ4n) is 3.68. The molecule has 0 aliphatic rings. The monoisotopic (exact) mass is 560 g/mol. The molecule has 0 fully saturated rings. The van der Waals surface area contributed by atoms with E-state index in [0.29, 0.717) is 32.8 Å².